The summed E-state index contributed by atoms with van der Waals surface area (Å²) >= 11 is 0. The summed E-state index contributed by atoms with van der Waals surface area (Å²) in [7, 11) is 0.417. The minimum Gasteiger partial charge on any atom is -0.399 e. The van der Waals surface area contributed by atoms with E-state index in [0.717, 1.165) is 12.1 Å². The van der Waals surface area contributed by atoms with Gasteiger partial charge in [-0.25, -0.2) is 4.79 Å². The molecule has 1 saturated heterocycles. The van der Waals surface area contributed by atoms with Crippen molar-refractivity contribution in [2.24, 2.45) is 0 Å². The molecule has 1 aromatic rings. The van der Waals surface area contributed by atoms with Crippen LogP contribution < -0.4 is 16.1 Å². The lowest BCUT2D eigenvalue weighted by Crippen LogP contribution is -2.41. The topological polar surface area (TPSA) is 59.6 Å². The molecule has 0 radical (unpaired) electrons. The Bertz CT molecular complexity index is 631. The van der Waals surface area contributed by atoms with E-state index >= 15 is 0 Å². The van der Waals surface area contributed by atoms with Crippen molar-refractivity contribution in [1.29, 1.82) is 0 Å². The number of alkyl halides is 3. The lowest BCUT2D eigenvalue weighted by Gasteiger charge is -2.32. The van der Waals surface area contributed by atoms with Crippen molar-refractivity contribution in [3.05, 3.63) is 23.8 Å². The Morgan fingerprint density at radius 1 is 1.08 bits per heavy atom. The highest BCUT2D eigenvalue weighted by Gasteiger charge is 2.52. The molecular weight excluding hydrogens is 324 g/mol. The van der Waals surface area contributed by atoms with Crippen molar-refractivity contribution < 1.29 is 27.3 Å². The Morgan fingerprint density at radius 3 is 2.08 bits per heavy atom. The first kappa shape index (κ1) is 18.6. The molecule has 9 heteroatoms. The van der Waals surface area contributed by atoms with E-state index in [1.54, 1.807) is 0 Å². The van der Waals surface area contributed by atoms with Gasteiger partial charge in [-0.3, -0.25) is 0 Å². The molecule has 1 aromatic carbocycles. The van der Waals surface area contributed by atoms with Gasteiger partial charge in [0.15, 0.2) is 0 Å². The Hall–Kier alpha value is -1.74. The van der Waals surface area contributed by atoms with Gasteiger partial charge in [-0.1, -0.05) is 6.07 Å². The number of nitrogens with one attached hydrogen (secondary N) is 2. The third kappa shape index (κ3) is 3.67. The molecule has 1 fully saturated rings. The van der Waals surface area contributed by atoms with Crippen LogP contribution in [0.5, 0.6) is 0 Å². The maximum Gasteiger partial charge on any atom is 0.494 e. The van der Waals surface area contributed by atoms with Gasteiger partial charge in [0, 0.05) is 12.7 Å². The normalized spacial score (nSPS) is 19.2. The van der Waals surface area contributed by atoms with Crippen molar-refractivity contribution in [2.45, 2.75) is 45.1 Å². The zero-order valence-corrected chi connectivity index (χ0v) is 14.2. The van der Waals surface area contributed by atoms with Gasteiger partial charge >= 0.3 is 19.3 Å². The first-order chi connectivity index (χ1) is 10.9. The van der Waals surface area contributed by atoms with Gasteiger partial charge in [-0.15, -0.1) is 0 Å². The van der Waals surface area contributed by atoms with Crippen molar-refractivity contribution >= 4 is 24.3 Å². The van der Waals surface area contributed by atoms with Gasteiger partial charge < -0.3 is 19.9 Å². The quantitative estimate of drug-likeness (QED) is 0.811. The van der Waals surface area contributed by atoms with Crippen LogP contribution >= 0.6 is 0 Å². The van der Waals surface area contributed by atoms with Crippen LogP contribution in [0.15, 0.2) is 18.2 Å². The van der Waals surface area contributed by atoms with E-state index in [1.807, 2.05) is 27.7 Å². The zero-order chi connectivity index (χ0) is 18.3. The monoisotopic (exact) mass is 344 g/mol. The fourth-order valence-electron chi connectivity index (χ4n) is 2.20. The number of halogens is 3. The highest BCUT2D eigenvalue weighted by Crippen LogP contribution is 2.37. The van der Waals surface area contributed by atoms with Gasteiger partial charge in [0.1, 0.15) is 0 Å². The van der Waals surface area contributed by atoms with Crippen molar-refractivity contribution in [2.75, 3.05) is 12.4 Å². The Labute approximate surface area is 139 Å². The molecule has 1 aliphatic rings. The SMILES string of the molecule is CNC(=O)Nc1cc(B2OC(C)(C)C(C)(C)O2)cc(C(F)(F)F)c1. The third-order valence-electron chi connectivity index (χ3n) is 4.29. The summed E-state index contributed by atoms with van der Waals surface area (Å²) in [4.78, 5) is 11.4. The van der Waals surface area contributed by atoms with Gasteiger partial charge in [0.2, 0.25) is 0 Å². The first-order valence-corrected chi connectivity index (χ1v) is 7.42. The number of carbonyl (C=O) groups is 1. The molecular formula is C15H20BF3N2O3. The molecule has 0 saturated carbocycles. The molecule has 2 N–H and O–H groups in total. The Balaban J connectivity index is 2.43. The van der Waals surface area contributed by atoms with E-state index in [4.69, 9.17) is 9.31 Å². The standard InChI is InChI=1S/C15H20BF3N2O3/c1-13(2)14(3,4)24-16(23-13)10-6-9(15(17,18)19)7-11(8-10)21-12(22)20-5/h6-8H,1-5H3,(H2,20,21,22). The van der Waals surface area contributed by atoms with Crippen molar-refractivity contribution in [1.82, 2.24) is 5.32 Å². The predicted octanol–water partition coefficient (Wildman–Crippen LogP) is 2.76. The first-order valence-electron chi connectivity index (χ1n) is 7.42. The van der Waals surface area contributed by atoms with Crippen LogP contribution in [0.3, 0.4) is 0 Å². The largest absolute Gasteiger partial charge is 0.494 e. The summed E-state index contributed by atoms with van der Waals surface area (Å²) in [5, 5.41) is 4.64. The van der Waals surface area contributed by atoms with Crippen LogP contribution in [0, 0.1) is 0 Å². The fraction of sp³-hybridized carbons (Fsp3) is 0.533. The molecule has 0 aromatic heterocycles. The van der Waals surface area contributed by atoms with Gasteiger partial charge in [0.05, 0.1) is 16.8 Å². The predicted molar refractivity (Wildman–Crippen MR) is 85.2 cm³/mol. The summed E-state index contributed by atoms with van der Waals surface area (Å²) in [6, 6.07) is 2.63. The molecule has 0 unspecified atom stereocenters. The molecule has 132 valence electrons. The third-order valence-corrected chi connectivity index (χ3v) is 4.29. The van der Waals surface area contributed by atoms with E-state index < -0.39 is 36.1 Å². The molecule has 1 aliphatic heterocycles. The average molecular weight is 344 g/mol. The molecule has 2 amide bonds. The summed E-state index contributed by atoms with van der Waals surface area (Å²) in [5.41, 5.74) is -2.05. The van der Waals surface area contributed by atoms with Crippen LogP contribution in [0.1, 0.15) is 33.3 Å². The average Bonchev–Trinajstić information content (AvgIpc) is 2.66. The smallest absolute Gasteiger partial charge is 0.399 e. The van der Waals surface area contributed by atoms with Crippen molar-refractivity contribution in [3.8, 4) is 0 Å². The van der Waals surface area contributed by atoms with E-state index in [9.17, 15) is 18.0 Å². The second kappa shape index (κ2) is 5.96. The molecule has 0 spiro atoms. The molecule has 0 aliphatic carbocycles. The number of hydrogen-bond acceptors (Lipinski definition) is 3. The molecule has 2 rings (SSSR count). The summed E-state index contributed by atoms with van der Waals surface area (Å²) < 4.78 is 51.0. The minimum absolute atomic E-state index is 0.00823. The maximum absolute atomic E-state index is 13.1. The number of carbonyl (C=O) groups excluding carboxylic acids is 1. The van der Waals surface area contributed by atoms with Crippen LogP contribution in [-0.2, 0) is 15.5 Å². The highest BCUT2D eigenvalue weighted by molar-refractivity contribution is 6.62. The Kier molecular flexibility index (Phi) is 4.62. The van der Waals surface area contributed by atoms with Crippen LogP contribution in [0.2, 0.25) is 0 Å². The van der Waals surface area contributed by atoms with Crippen LogP contribution in [-0.4, -0.2) is 31.4 Å². The molecule has 24 heavy (non-hydrogen) atoms. The van der Waals surface area contributed by atoms with Gasteiger partial charge in [-0.2, -0.15) is 13.2 Å². The molecule has 0 bridgehead atoms. The van der Waals surface area contributed by atoms with E-state index in [2.05, 4.69) is 10.6 Å². The number of benzene rings is 1. The van der Waals surface area contributed by atoms with E-state index in [-0.39, 0.29) is 11.2 Å². The maximum atomic E-state index is 13.1. The van der Waals surface area contributed by atoms with Crippen LogP contribution in [0.25, 0.3) is 0 Å². The summed E-state index contributed by atoms with van der Waals surface area (Å²) in [6.07, 6.45) is -4.56. The lowest BCUT2D eigenvalue weighted by molar-refractivity contribution is -0.137. The number of rotatable bonds is 2. The second-order valence-electron chi connectivity index (χ2n) is 6.63. The number of hydrogen-bond donors (Lipinski definition) is 2. The minimum atomic E-state index is -4.56. The molecule has 1 heterocycles. The lowest BCUT2D eigenvalue weighted by atomic mass is 9.78. The molecule has 0 atom stereocenters. The van der Waals surface area contributed by atoms with Crippen LogP contribution in [0.4, 0.5) is 23.7 Å². The zero-order valence-electron chi connectivity index (χ0n) is 14.2. The number of urea groups is 1. The number of amides is 2. The Morgan fingerprint density at radius 2 is 1.62 bits per heavy atom. The summed E-state index contributed by atoms with van der Waals surface area (Å²) in [6.45, 7) is 7.24. The highest BCUT2D eigenvalue weighted by atomic mass is 19.4. The van der Waals surface area contributed by atoms with Crippen molar-refractivity contribution in [3.63, 3.8) is 0 Å². The van der Waals surface area contributed by atoms with Gasteiger partial charge in [-0.05, 0) is 45.3 Å². The molecule has 5 nitrogen and oxygen atoms in total. The fourth-order valence-corrected chi connectivity index (χ4v) is 2.20. The van der Waals surface area contributed by atoms with Gasteiger partial charge in [0.25, 0.3) is 0 Å². The second-order valence-corrected chi connectivity index (χ2v) is 6.63. The van der Waals surface area contributed by atoms with E-state index in [1.165, 1.54) is 13.1 Å². The van der Waals surface area contributed by atoms with E-state index in [0.29, 0.717) is 0 Å². The summed E-state index contributed by atoms with van der Waals surface area (Å²) in [5.74, 6) is 0. The number of anilines is 1.